The van der Waals surface area contributed by atoms with E-state index in [2.05, 4.69) is 51.5 Å². The molecule has 0 aliphatic carbocycles. The van der Waals surface area contributed by atoms with Gasteiger partial charge in [0.15, 0.2) is 0 Å². The molecule has 0 N–H and O–H groups in total. The second kappa shape index (κ2) is 5.78. The number of halogens is 1. The molecule has 74 valence electrons. The van der Waals surface area contributed by atoms with Crippen LogP contribution in [0.3, 0.4) is 0 Å². The molecule has 1 aromatic rings. The molecule has 0 fully saturated rings. The smallest absolute Gasteiger partial charge is 0.0245 e. The Morgan fingerprint density at radius 3 is 2.77 bits per heavy atom. The summed E-state index contributed by atoms with van der Waals surface area (Å²) in [6.45, 7) is 6.68. The molecule has 0 aliphatic rings. The van der Waals surface area contributed by atoms with E-state index in [1.165, 1.54) is 5.56 Å². The summed E-state index contributed by atoms with van der Waals surface area (Å²) >= 11 is 5.26. The van der Waals surface area contributed by atoms with Crippen molar-refractivity contribution in [3.05, 3.63) is 22.4 Å². The molecule has 0 bridgehead atoms. The molecule has 0 saturated heterocycles. The van der Waals surface area contributed by atoms with Crippen LogP contribution in [0.4, 0.5) is 0 Å². The van der Waals surface area contributed by atoms with Gasteiger partial charge in [0.05, 0.1) is 0 Å². The van der Waals surface area contributed by atoms with Crippen LogP contribution in [-0.4, -0.2) is 22.8 Å². The van der Waals surface area contributed by atoms with Gasteiger partial charge in [-0.05, 0) is 36.2 Å². The molecule has 3 heteroatoms. The van der Waals surface area contributed by atoms with Gasteiger partial charge in [-0.1, -0.05) is 15.9 Å². The Labute approximate surface area is 92.9 Å². The number of hydrogen-bond acceptors (Lipinski definition) is 2. The maximum atomic E-state index is 3.48. The van der Waals surface area contributed by atoms with Crippen LogP contribution in [0.2, 0.25) is 0 Å². The maximum Gasteiger partial charge on any atom is 0.0245 e. The molecule has 0 aliphatic heterocycles. The van der Waals surface area contributed by atoms with Crippen LogP contribution in [0.25, 0.3) is 0 Å². The predicted octanol–water partition coefficient (Wildman–Crippen LogP) is 3.35. The van der Waals surface area contributed by atoms with Crippen molar-refractivity contribution in [2.24, 2.45) is 0 Å². The van der Waals surface area contributed by atoms with Crippen LogP contribution in [0, 0.1) is 0 Å². The van der Waals surface area contributed by atoms with Gasteiger partial charge in [0, 0.05) is 24.5 Å². The first-order valence-corrected chi connectivity index (χ1v) is 6.61. The second-order valence-electron chi connectivity index (χ2n) is 3.38. The Bertz CT molecular complexity index is 221. The zero-order valence-corrected chi connectivity index (χ0v) is 10.6. The van der Waals surface area contributed by atoms with Crippen molar-refractivity contribution in [3.63, 3.8) is 0 Å². The van der Waals surface area contributed by atoms with Gasteiger partial charge in [0.1, 0.15) is 0 Å². The summed E-state index contributed by atoms with van der Waals surface area (Å²) in [5, 5.41) is 5.42. The molecule has 0 atom stereocenters. The van der Waals surface area contributed by atoms with Crippen LogP contribution in [0.1, 0.15) is 19.4 Å². The van der Waals surface area contributed by atoms with Gasteiger partial charge >= 0.3 is 0 Å². The van der Waals surface area contributed by atoms with Crippen molar-refractivity contribution in [1.29, 1.82) is 0 Å². The van der Waals surface area contributed by atoms with Crippen molar-refractivity contribution in [1.82, 2.24) is 4.90 Å². The molecule has 1 rings (SSSR count). The number of nitrogens with zero attached hydrogens (tertiary/aromatic N) is 1. The number of rotatable bonds is 5. The highest BCUT2D eigenvalue weighted by atomic mass is 79.9. The van der Waals surface area contributed by atoms with Crippen molar-refractivity contribution in [2.75, 3.05) is 11.9 Å². The van der Waals surface area contributed by atoms with Gasteiger partial charge in [-0.25, -0.2) is 0 Å². The third-order valence-corrected chi connectivity index (χ3v) is 3.15. The van der Waals surface area contributed by atoms with Crippen molar-refractivity contribution < 1.29 is 0 Å². The summed E-state index contributed by atoms with van der Waals surface area (Å²) in [4.78, 5) is 2.47. The lowest BCUT2D eigenvalue weighted by Gasteiger charge is -2.24. The molecule has 1 aromatic heterocycles. The van der Waals surface area contributed by atoms with Gasteiger partial charge in [-0.15, -0.1) is 0 Å². The molecular weight excluding hydrogens is 246 g/mol. The Morgan fingerprint density at radius 2 is 2.31 bits per heavy atom. The zero-order chi connectivity index (χ0) is 9.68. The molecule has 0 unspecified atom stereocenters. The zero-order valence-electron chi connectivity index (χ0n) is 8.16. The van der Waals surface area contributed by atoms with Crippen LogP contribution in [0.5, 0.6) is 0 Å². The van der Waals surface area contributed by atoms with E-state index in [0.29, 0.717) is 6.04 Å². The average molecular weight is 262 g/mol. The molecular formula is C10H16BrNS. The van der Waals surface area contributed by atoms with E-state index in [9.17, 15) is 0 Å². The molecule has 1 nitrogen and oxygen atoms in total. The first kappa shape index (κ1) is 11.2. The second-order valence-corrected chi connectivity index (χ2v) is 4.96. The Balaban J connectivity index is 2.47. The highest BCUT2D eigenvalue weighted by Crippen LogP contribution is 2.11. The molecule has 0 spiro atoms. The fraction of sp³-hybridized carbons (Fsp3) is 0.600. The minimum Gasteiger partial charge on any atom is -0.296 e. The van der Waals surface area contributed by atoms with Crippen molar-refractivity contribution >= 4 is 27.3 Å². The predicted molar refractivity (Wildman–Crippen MR) is 63.7 cm³/mol. The Hall–Kier alpha value is 0.140. The summed E-state index contributed by atoms with van der Waals surface area (Å²) in [5.41, 5.74) is 1.43. The van der Waals surface area contributed by atoms with Gasteiger partial charge in [0.2, 0.25) is 0 Å². The van der Waals surface area contributed by atoms with Gasteiger partial charge < -0.3 is 0 Å². The summed E-state index contributed by atoms with van der Waals surface area (Å²) < 4.78 is 0. The van der Waals surface area contributed by atoms with Crippen molar-refractivity contribution in [2.45, 2.75) is 26.4 Å². The first-order chi connectivity index (χ1) is 6.24. The highest BCUT2D eigenvalue weighted by molar-refractivity contribution is 9.09. The molecule has 0 aromatic carbocycles. The third-order valence-electron chi connectivity index (χ3n) is 2.07. The normalized spacial score (nSPS) is 11.5. The van der Waals surface area contributed by atoms with Gasteiger partial charge in [-0.2, -0.15) is 11.3 Å². The van der Waals surface area contributed by atoms with E-state index in [-0.39, 0.29) is 0 Å². The summed E-state index contributed by atoms with van der Waals surface area (Å²) in [6, 6.07) is 2.83. The lowest BCUT2D eigenvalue weighted by atomic mass is 10.2. The monoisotopic (exact) mass is 261 g/mol. The largest absolute Gasteiger partial charge is 0.296 e. The van der Waals surface area contributed by atoms with E-state index in [0.717, 1.165) is 18.4 Å². The average Bonchev–Trinajstić information content (AvgIpc) is 2.56. The quantitative estimate of drug-likeness (QED) is 0.735. The number of alkyl halides is 1. The molecule has 13 heavy (non-hydrogen) atoms. The van der Waals surface area contributed by atoms with Gasteiger partial charge in [0.25, 0.3) is 0 Å². The van der Waals surface area contributed by atoms with Crippen LogP contribution >= 0.6 is 27.3 Å². The number of hydrogen-bond donors (Lipinski definition) is 0. The van der Waals surface area contributed by atoms with Gasteiger partial charge in [-0.3, -0.25) is 4.90 Å². The summed E-state index contributed by atoms with van der Waals surface area (Å²) in [6.07, 6.45) is 0. The summed E-state index contributed by atoms with van der Waals surface area (Å²) in [7, 11) is 0. The maximum absolute atomic E-state index is 3.48. The minimum absolute atomic E-state index is 0.623. The SMILES string of the molecule is CC(C)N(CCBr)Cc1ccsc1. The lowest BCUT2D eigenvalue weighted by molar-refractivity contribution is 0.228. The van der Waals surface area contributed by atoms with E-state index < -0.39 is 0 Å². The van der Waals surface area contributed by atoms with Crippen LogP contribution < -0.4 is 0 Å². The van der Waals surface area contributed by atoms with E-state index in [4.69, 9.17) is 0 Å². The molecule has 0 saturated carbocycles. The first-order valence-electron chi connectivity index (χ1n) is 4.55. The van der Waals surface area contributed by atoms with Crippen molar-refractivity contribution in [3.8, 4) is 0 Å². The van der Waals surface area contributed by atoms with Crippen LogP contribution in [-0.2, 0) is 6.54 Å². The standard InChI is InChI=1S/C10H16BrNS/c1-9(2)12(5-4-11)7-10-3-6-13-8-10/h3,6,8-9H,4-5,7H2,1-2H3. The Kier molecular flexibility index (Phi) is 4.99. The fourth-order valence-electron chi connectivity index (χ4n) is 1.25. The fourth-order valence-corrected chi connectivity index (χ4v) is 2.36. The lowest BCUT2D eigenvalue weighted by Crippen LogP contribution is -2.31. The molecule has 1 heterocycles. The highest BCUT2D eigenvalue weighted by Gasteiger charge is 2.08. The van der Waals surface area contributed by atoms with E-state index in [1.807, 2.05) is 0 Å². The van der Waals surface area contributed by atoms with E-state index in [1.54, 1.807) is 11.3 Å². The third kappa shape index (κ3) is 3.79. The minimum atomic E-state index is 0.623. The summed E-state index contributed by atoms with van der Waals surface area (Å²) in [5.74, 6) is 0. The Morgan fingerprint density at radius 1 is 1.54 bits per heavy atom. The molecule has 0 radical (unpaired) electrons. The van der Waals surface area contributed by atoms with Crippen LogP contribution in [0.15, 0.2) is 16.8 Å². The molecule has 0 amide bonds. The number of thiophene rings is 1. The topological polar surface area (TPSA) is 3.24 Å². The van der Waals surface area contributed by atoms with E-state index >= 15 is 0 Å².